The lowest BCUT2D eigenvalue weighted by molar-refractivity contribution is -0.0906. The molecule has 2 aromatic heterocycles. The molecule has 3 heterocycles. The number of likely N-dealkylation sites (tertiary alicyclic amines) is 1. The minimum atomic E-state index is -1.77. The number of piperidine rings is 1. The lowest BCUT2D eigenvalue weighted by Crippen LogP contribution is -2.54. The molecule has 8 nitrogen and oxygen atoms in total. The molecule has 0 bridgehead atoms. The molecule has 1 N–H and O–H groups in total. The van der Waals surface area contributed by atoms with Crippen molar-refractivity contribution in [2.75, 3.05) is 13.1 Å². The van der Waals surface area contributed by atoms with Crippen LogP contribution in [0.15, 0.2) is 103 Å². The summed E-state index contributed by atoms with van der Waals surface area (Å²) in [5.74, 6) is 0.805. The number of halogens is 1. The fraction of sp³-hybridized carbons (Fsp3) is 0.289. The summed E-state index contributed by atoms with van der Waals surface area (Å²) >= 11 is 0. The minimum Gasteiger partial charge on any atom is -0.473 e. The van der Waals surface area contributed by atoms with Gasteiger partial charge in [0.15, 0.2) is 6.17 Å². The fourth-order valence-corrected chi connectivity index (χ4v) is 5.55. The maximum absolute atomic E-state index is 15.6. The van der Waals surface area contributed by atoms with Gasteiger partial charge in [0.1, 0.15) is 24.4 Å². The number of nitrogens with zero attached hydrogens (tertiary/aromatic N) is 3. The SMILES string of the molecule is CC(C)(C)OC(=O)N1CCC(O)(c2ccc3ncc(-c4ccc(OCc5ccccc5)nc4OCc4ccccc4)cc3c2)C(F)C1. The average Bonchev–Trinajstić information content (AvgIpc) is 3.07. The maximum atomic E-state index is 15.6. The summed E-state index contributed by atoms with van der Waals surface area (Å²) in [6.07, 6.45) is -0.532. The van der Waals surface area contributed by atoms with Crippen molar-refractivity contribution in [2.24, 2.45) is 0 Å². The van der Waals surface area contributed by atoms with E-state index in [4.69, 9.17) is 19.2 Å². The molecular formula is C38H38FN3O5. The number of alkyl halides is 1. The van der Waals surface area contributed by atoms with Crippen LogP contribution in [0.2, 0.25) is 0 Å². The number of rotatable bonds is 8. The van der Waals surface area contributed by atoms with Crippen molar-refractivity contribution in [2.45, 2.75) is 57.8 Å². The van der Waals surface area contributed by atoms with E-state index in [-0.39, 0.29) is 19.5 Å². The molecule has 9 heteroatoms. The second-order valence-corrected chi connectivity index (χ2v) is 12.8. The number of amides is 1. The fourth-order valence-electron chi connectivity index (χ4n) is 5.55. The van der Waals surface area contributed by atoms with Gasteiger partial charge in [0.25, 0.3) is 0 Å². The molecule has 0 spiro atoms. The first-order chi connectivity index (χ1) is 22.6. The maximum Gasteiger partial charge on any atom is 0.410 e. The number of carbonyl (C=O) groups is 1. The molecule has 0 aliphatic carbocycles. The first kappa shape index (κ1) is 31.9. The number of pyridine rings is 2. The third-order valence-electron chi connectivity index (χ3n) is 8.09. The summed E-state index contributed by atoms with van der Waals surface area (Å²) in [6.45, 7) is 5.84. The van der Waals surface area contributed by atoms with E-state index < -0.39 is 23.5 Å². The van der Waals surface area contributed by atoms with Gasteiger partial charge < -0.3 is 24.2 Å². The van der Waals surface area contributed by atoms with Gasteiger partial charge in [0.05, 0.1) is 12.1 Å². The van der Waals surface area contributed by atoms with E-state index >= 15 is 4.39 Å². The van der Waals surface area contributed by atoms with Crippen LogP contribution in [0.25, 0.3) is 22.0 Å². The predicted octanol–water partition coefficient (Wildman–Crippen LogP) is 7.62. The zero-order valence-corrected chi connectivity index (χ0v) is 26.7. The molecular weight excluding hydrogens is 597 g/mol. The van der Waals surface area contributed by atoms with Crippen molar-refractivity contribution in [3.05, 3.63) is 120 Å². The van der Waals surface area contributed by atoms with Crippen LogP contribution in [0.3, 0.4) is 0 Å². The van der Waals surface area contributed by atoms with Crippen molar-refractivity contribution in [1.82, 2.24) is 14.9 Å². The van der Waals surface area contributed by atoms with Gasteiger partial charge >= 0.3 is 6.09 Å². The second kappa shape index (κ2) is 13.4. The Balaban J connectivity index is 1.27. The molecule has 1 aliphatic rings. The molecule has 47 heavy (non-hydrogen) atoms. The number of ether oxygens (including phenoxy) is 3. The van der Waals surface area contributed by atoms with Crippen LogP contribution in [-0.2, 0) is 23.6 Å². The zero-order chi connectivity index (χ0) is 33.0. The van der Waals surface area contributed by atoms with Crippen LogP contribution in [0, 0.1) is 0 Å². The summed E-state index contributed by atoms with van der Waals surface area (Å²) in [6, 6.07) is 30.5. The Hall–Kier alpha value is -5.02. The monoisotopic (exact) mass is 635 g/mol. The van der Waals surface area contributed by atoms with Gasteiger partial charge in [0, 0.05) is 41.7 Å². The van der Waals surface area contributed by atoms with E-state index in [1.807, 2.05) is 72.8 Å². The third-order valence-corrected chi connectivity index (χ3v) is 8.09. The number of fused-ring (bicyclic) bond motifs is 1. The van der Waals surface area contributed by atoms with Crippen LogP contribution in [-0.4, -0.2) is 50.9 Å². The van der Waals surface area contributed by atoms with Crippen molar-refractivity contribution >= 4 is 17.0 Å². The minimum absolute atomic E-state index is 0.0257. The van der Waals surface area contributed by atoms with Gasteiger partial charge in [-0.2, -0.15) is 4.98 Å². The molecule has 2 atom stereocenters. The van der Waals surface area contributed by atoms with E-state index in [1.54, 1.807) is 51.2 Å². The van der Waals surface area contributed by atoms with E-state index in [2.05, 4.69) is 4.98 Å². The Kier molecular flexibility index (Phi) is 9.09. The first-order valence-corrected chi connectivity index (χ1v) is 15.7. The molecule has 1 fully saturated rings. The van der Waals surface area contributed by atoms with Crippen molar-refractivity contribution in [3.63, 3.8) is 0 Å². The van der Waals surface area contributed by atoms with Gasteiger partial charge in [-0.05, 0) is 61.7 Å². The van der Waals surface area contributed by atoms with Crippen LogP contribution < -0.4 is 9.47 Å². The largest absolute Gasteiger partial charge is 0.473 e. The van der Waals surface area contributed by atoms with Gasteiger partial charge in [0.2, 0.25) is 11.8 Å². The van der Waals surface area contributed by atoms with E-state index in [1.165, 1.54) is 4.90 Å². The molecule has 3 aromatic carbocycles. The van der Waals surface area contributed by atoms with Crippen molar-refractivity contribution < 1.29 is 28.5 Å². The Morgan fingerprint density at radius 2 is 1.62 bits per heavy atom. The van der Waals surface area contributed by atoms with E-state index in [0.29, 0.717) is 47.0 Å². The number of aliphatic hydroxyl groups is 1. The van der Waals surface area contributed by atoms with Crippen molar-refractivity contribution in [1.29, 1.82) is 0 Å². The highest BCUT2D eigenvalue weighted by molar-refractivity contribution is 5.85. The van der Waals surface area contributed by atoms with Gasteiger partial charge in [-0.25, -0.2) is 9.18 Å². The van der Waals surface area contributed by atoms with E-state index in [0.717, 1.165) is 16.7 Å². The number of hydrogen-bond acceptors (Lipinski definition) is 7. The topological polar surface area (TPSA) is 94.0 Å². The lowest BCUT2D eigenvalue weighted by Gasteiger charge is -2.41. The molecule has 1 aliphatic heterocycles. The normalized spacial score (nSPS) is 18.1. The van der Waals surface area contributed by atoms with Crippen molar-refractivity contribution in [3.8, 4) is 22.9 Å². The highest BCUT2D eigenvalue weighted by Crippen LogP contribution is 2.38. The third kappa shape index (κ3) is 7.52. The molecule has 2 unspecified atom stereocenters. The Morgan fingerprint density at radius 1 is 0.936 bits per heavy atom. The summed E-state index contributed by atoms with van der Waals surface area (Å²) in [5.41, 5.74) is 2.09. The summed E-state index contributed by atoms with van der Waals surface area (Å²) in [5, 5.41) is 12.3. The molecule has 0 saturated carbocycles. The molecule has 6 rings (SSSR count). The van der Waals surface area contributed by atoms with E-state index in [9.17, 15) is 9.90 Å². The molecule has 242 valence electrons. The number of carbonyl (C=O) groups excluding carboxylic acids is 1. The van der Waals surface area contributed by atoms with Gasteiger partial charge in [-0.1, -0.05) is 66.7 Å². The summed E-state index contributed by atoms with van der Waals surface area (Å²) < 4.78 is 33.3. The first-order valence-electron chi connectivity index (χ1n) is 15.7. The van der Waals surface area contributed by atoms with Gasteiger partial charge in [-0.15, -0.1) is 0 Å². The number of benzene rings is 3. The number of aromatic nitrogens is 2. The molecule has 1 amide bonds. The van der Waals surface area contributed by atoms with Gasteiger partial charge in [-0.3, -0.25) is 4.98 Å². The second-order valence-electron chi connectivity index (χ2n) is 12.8. The van der Waals surface area contributed by atoms with Crippen LogP contribution in [0.4, 0.5) is 9.18 Å². The zero-order valence-electron chi connectivity index (χ0n) is 26.7. The molecule has 5 aromatic rings. The Morgan fingerprint density at radius 3 is 2.28 bits per heavy atom. The molecule has 0 radical (unpaired) electrons. The van der Waals surface area contributed by atoms with Crippen LogP contribution >= 0.6 is 0 Å². The highest BCUT2D eigenvalue weighted by Gasteiger charge is 2.45. The highest BCUT2D eigenvalue weighted by atomic mass is 19.1. The standard InChI is InChI=1S/C38H38FN3O5/c1-37(2,3)47-36(43)42-19-18-38(44,33(39)23-42)30-14-16-32-28(21-30)20-29(22-40-32)31-15-17-34(45-24-26-10-6-4-7-11-26)41-35(31)46-25-27-12-8-5-9-13-27/h4-17,20-22,33,44H,18-19,23-25H2,1-3H3. The Bertz CT molecular complexity index is 1850. The molecule has 1 saturated heterocycles. The van der Waals surface area contributed by atoms with Crippen LogP contribution in [0.1, 0.15) is 43.9 Å². The number of hydrogen-bond donors (Lipinski definition) is 1. The lowest BCUT2D eigenvalue weighted by atomic mass is 9.82. The predicted molar refractivity (Wildman–Crippen MR) is 178 cm³/mol. The summed E-state index contributed by atoms with van der Waals surface area (Å²) in [7, 11) is 0. The average molecular weight is 636 g/mol. The summed E-state index contributed by atoms with van der Waals surface area (Å²) in [4.78, 5) is 23.2. The van der Waals surface area contributed by atoms with Crippen LogP contribution in [0.5, 0.6) is 11.8 Å². The Labute approximate surface area is 273 Å². The smallest absolute Gasteiger partial charge is 0.410 e. The quantitative estimate of drug-likeness (QED) is 0.187.